The number of carboxylic acids is 1. The Hall–Kier alpha value is -2.31. The first-order valence-corrected chi connectivity index (χ1v) is 6.28. The Bertz CT molecular complexity index is 718. The van der Waals surface area contributed by atoms with Crippen molar-refractivity contribution < 1.29 is 18.7 Å². The molecule has 2 rings (SSSR count). The van der Waals surface area contributed by atoms with E-state index in [1.807, 2.05) is 0 Å². The summed E-state index contributed by atoms with van der Waals surface area (Å²) in [6, 6.07) is 2.03. The summed E-state index contributed by atoms with van der Waals surface area (Å²) in [7, 11) is 0. The molecule has 21 heavy (non-hydrogen) atoms. The van der Waals surface area contributed by atoms with Crippen molar-refractivity contribution in [1.82, 2.24) is 14.8 Å². The van der Waals surface area contributed by atoms with E-state index in [1.165, 1.54) is 6.92 Å². The predicted molar refractivity (Wildman–Crippen MR) is 71.7 cm³/mol. The topological polar surface area (TPSA) is 68.0 Å². The van der Waals surface area contributed by atoms with Gasteiger partial charge in [0, 0.05) is 11.5 Å². The summed E-state index contributed by atoms with van der Waals surface area (Å²) >= 11 is 0. The number of carboxylic acid groups (broad SMARTS) is 1. The lowest BCUT2D eigenvalue weighted by Crippen LogP contribution is -2.19. The van der Waals surface area contributed by atoms with Gasteiger partial charge in [0.1, 0.15) is 23.1 Å². The maximum atomic E-state index is 14.1. The maximum Gasteiger partial charge on any atom is 0.375 e. The minimum Gasteiger partial charge on any atom is -0.475 e. The number of hydrogen-bond donors (Lipinski definition) is 1. The fourth-order valence-corrected chi connectivity index (χ4v) is 1.85. The average Bonchev–Trinajstić information content (AvgIpc) is 2.78. The summed E-state index contributed by atoms with van der Waals surface area (Å²) in [5.41, 5.74) is -0.593. The van der Waals surface area contributed by atoms with Crippen molar-refractivity contribution in [2.24, 2.45) is 0 Å². The first-order chi connectivity index (χ1) is 9.61. The van der Waals surface area contributed by atoms with E-state index in [-0.39, 0.29) is 17.1 Å². The van der Waals surface area contributed by atoms with Gasteiger partial charge in [0.25, 0.3) is 5.82 Å². The van der Waals surface area contributed by atoms with Gasteiger partial charge in [-0.05, 0) is 18.6 Å². The molecule has 0 radical (unpaired) electrons. The highest BCUT2D eigenvalue weighted by atomic mass is 19.1. The Kier molecular flexibility index (Phi) is 3.52. The molecule has 0 saturated carbocycles. The second kappa shape index (κ2) is 4.91. The number of benzene rings is 1. The van der Waals surface area contributed by atoms with Crippen LogP contribution in [0.3, 0.4) is 0 Å². The molecule has 0 bridgehead atoms. The molecule has 1 aromatic heterocycles. The summed E-state index contributed by atoms with van der Waals surface area (Å²) < 4.78 is 28.8. The number of aromatic carboxylic acids is 1. The Morgan fingerprint density at radius 3 is 2.38 bits per heavy atom. The van der Waals surface area contributed by atoms with Gasteiger partial charge in [-0.25, -0.2) is 23.2 Å². The Morgan fingerprint density at radius 1 is 1.24 bits per heavy atom. The third-order valence-electron chi connectivity index (χ3n) is 2.93. The van der Waals surface area contributed by atoms with E-state index in [0.29, 0.717) is 0 Å². The number of hydrogen-bond acceptors (Lipinski definition) is 3. The fraction of sp³-hybridized carbons (Fsp3) is 0.357. The Labute approximate surface area is 120 Å². The van der Waals surface area contributed by atoms with Crippen molar-refractivity contribution in [3.63, 3.8) is 0 Å². The van der Waals surface area contributed by atoms with Gasteiger partial charge in [0.2, 0.25) is 0 Å². The van der Waals surface area contributed by atoms with E-state index >= 15 is 0 Å². The van der Waals surface area contributed by atoms with Crippen LogP contribution in [-0.4, -0.2) is 25.8 Å². The van der Waals surface area contributed by atoms with Crippen LogP contribution >= 0.6 is 0 Å². The molecule has 0 aliphatic carbocycles. The fourth-order valence-electron chi connectivity index (χ4n) is 1.85. The summed E-state index contributed by atoms with van der Waals surface area (Å²) in [4.78, 5) is 14.9. The van der Waals surface area contributed by atoms with Crippen LogP contribution < -0.4 is 0 Å². The van der Waals surface area contributed by atoms with E-state index in [2.05, 4.69) is 10.1 Å². The van der Waals surface area contributed by atoms with E-state index < -0.39 is 28.8 Å². The number of carbonyl (C=O) groups is 1. The standard InChI is InChI=1S/C14H15F2N3O2/c1-7-5-9(16)10(6-8(7)15)19-13(14(2,3)4)17-11(18-19)12(20)21/h5-6H,1-4H3,(H,20,21). The maximum absolute atomic E-state index is 14.1. The summed E-state index contributed by atoms with van der Waals surface area (Å²) in [6.45, 7) is 6.78. The van der Waals surface area contributed by atoms with Gasteiger partial charge >= 0.3 is 5.97 Å². The molecule has 0 spiro atoms. The summed E-state index contributed by atoms with van der Waals surface area (Å²) in [5.74, 6) is -2.84. The Balaban J connectivity index is 2.74. The number of halogens is 2. The molecular weight excluding hydrogens is 280 g/mol. The van der Waals surface area contributed by atoms with Crippen LogP contribution in [0.25, 0.3) is 5.69 Å². The molecule has 0 atom stereocenters. The average molecular weight is 295 g/mol. The van der Waals surface area contributed by atoms with Gasteiger partial charge in [0.15, 0.2) is 0 Å². The number of aryl methyl sites for hydroxylation is 1. The van der Waals surface area contributed by atoms with E-state index in [9.17, 15) is 13.6 Å². The second-order valence-electron chi connectivity index (χ2n) is 5.78. The quantitative estimate of drug-likeness (QED) is 0.925. The van der Waals surface area contributed by atoms with Crippen LogP contribution in [-0.2, 0) is 5.41 Å². The van der Waals surface area contributed by atoms with Crippen molar-refractivity contribution >= 4 is 5.97 Å². The summed E-state index contributed by atoms with van der Waals surface area (Å²) in [5, 5.41) is 12.8. The minimum atomic E-state index is -1.33. The Morgan fingerprint density at radius 2 is 1.86 bits per heavy atom. The third kappa shape index (κ3) is 2.76. The molecule has 5 nitrogen and oxygen atoms in total. The SMILES string of the molecule is Cc1cc(F)c(-n2nc(C(=O)O)nc2C(C)(C)C)cc1F. The van der Waals surface area contributed by atoms with Crippen LogP contribution in [0.2, 0.25) is 0 Å². The van der Waals surface area contributed by atoms with Gasteiger partial charge in [-0.3, -0.25) is 0 Å². The molecule has 0 amide bonds. The molecule has 1 heterocycles. The first kappa shape index (κ1) is 15.1. The molecule has 1 N–H and O–H groups in total. The predicted octanol–water partition coefficient (Wildman–Crippen LogP) is 2.85. The zero-order valence-corrected chi connectivity index (χ0v) is 12.1. The lowest BCUT2D eigenvalue weighted by atomic mass is 9.95. The van der Waals surface area contributed by atoms with Crippen LogP contribution in [0.4, 0.5) is 8.78 Å². The zero-order chi connectivity index (χ0) is 15.9. The van der Waals surface area contributed by atoms with Crippen molar-refractivity contribution in [1.29, 1.82) is 0 Å². The highest BCUT2D eigenvalue weighted by Crippen LogP contribution is 2.26. The molecule has 0 fully saturated rings. The molecule has 2 aromatic rings. The molecule has 0 unspecified atom stereocenters. The zero-order valence-electron chi connectivity index (χ0n) is 12.1. The molecule has 0 saturated heterocycles. The van der Waals surface area contributed by atoms with Crippen molar-refractivity contribution in [2.45, 2.75) is 33.1 Å². The van der Waals surface area contributed by atoms with Gasteiger partial charge in [-0.15, -0.1) is 5.10 Å². The van der Waals surface area contributed by atoms with Crippen LogP contribution in [0, 0.1) is 18.6 Å². The van der Waals surface area contributed by atoms with Crippen LogP contribution in [0.5, 0.6) is 0 Å². The van der Waals surface area contributed by atoms with E-state index in [0.717, 1.165) is 16.8 Å². The lowest BCUT2D eigenvalue weighted by molar-refractivity contribution is 0.0683. The van der Waals surface area contributed by atoms with Crippen LogP contribution in [0.15, 0.2) is 12.1 Å². The molecular formula is C14H15F2N3O2. The van der Waals surface area contributed by atoms with Gasteiger partial charge in [-0.1, -0.05) is 20.8 Å². The molecule has 0 aliphatic rings. The van der Waals surface area contributed by atoms with Crippen molar-refractivity contribution in [2.75, 3.05) is 0 Å². The van der Waals surface area contributed by atoms with Gasteiger partial charge in [0.05, 0.1) is 0 Å². The third-order valence-corrected chi connectivity index (χ3v) is 2.93. The van der Waals surface area contributed by atoms with Crippen molar-refractivity contribution in [3.05, 3.63) is 41.0 Å². The highest BCUT2D eigenvalue weighted by Gasteiger charge is 2.27. The van der Waals surface area contributed by atoms with Gasteiger partial charge < -0.3 is 5.11 Å². The van der Waals surface area contributed by atoms with Crippen LogP contribution in [0.1, 0.15) is 42.8 Å². The van der Waals surface area contributed by atoms with E-state index in [1.54, 1.807) is 20.8 Å². The number of aromatic nitrogens is 3. The largest absolute Gasteiger partial charge is 0.475 e. The summed E-state index contributed by atoms with van der Waals surface area (Å²) in [6.07, 6.45) is 0. The minimum absolute atomic E-state index is 0.159. The highest BCUT2D eigenvalue weighted by molar-refractivity contribution is 5.83. The second-order valence-corrected chi connectivity index (χ2v) is 5.78. The molecule has 7 heteroatoms. The van der Waals surface area contributed by atoms with Crippen molar-refractivity contribution in [3.8, 4) is 5.69 Å². The number of nitrogens with zero attached hydrogens (tertiary/aromatic N) is 3. The van der Waals surface area contributed by atoms with E-state index in [4.69, 9.17) is 5.11 Å². The normalized spacial score (nSPS) is 11.7. The lowest BCUT2D eigenvalue weighted by Gasteiger charge is -2.18. The molecule has 112 valence electrons. The molecule has 1 aromatic carbocycles. The monoisotopic (exact) mass is 295 g/mol. The smallest absolute Gasteiger partial charge is 0.375 e. The molecule has 0 aliphatic heterocycles. The van der Waals surface area contributed by atoms with Gasteiger partial charge in [-0.2, -0.15) is 0 Å². The number of rotatable bonds is 2. The first-order valence-electron chi connectivity index (χ1n) is 6.28.